The summed E-state index contributed by atoms with van der Waals surface area (Å²) >= 11 is 0. The van der Waals surface area contributed by atoms with Crippen LogP contribution in [0.15, 0.2) is 18.2 Å². The number of hydrogen-bond acceptors (Lipinski definition) is 4. The Balaban J connectivity index is 1.59. The number of ether oxygens (including phenoxy) is 2. The average molecular weight is 309 g/mol. The van der Waals surface area contributed by atoms with Crippen molar-refractivity contribution in [1.82, 2.24) is 0 Å². The van der Waals surface area contributed by atoms with E-state index in [9.17, 15) is 4.21 Å². The highest BCUT2D eigenvalue weighted by Gasteiger charge is 2.20. The highest BCUT2D eigenvalue weighted by atomic mass is 32.2. The van der Waals surface area contributed by atoms with Gasteiger partial charge in [0.05, 0.1) is 0 Å². The van der Waals surface area contributed by atoms with Gasteiger partial charge in [0, 0.05) is 28.3 Å². The van der Waals surface area contributed by atoms with Gasteiger partial charge in [0.2, 0.25) is 0 Å². The van der Waals surface area contributed by atoms with Gasteiger partial charge in [-0.25, -0.2) is 0 Å². The molecule has 2 unspecified atom stereocenters. The fourth-order valence-electron chi connectivity index (χ4n) is 3.10. The van der Waals surface area contributed by atoms with Crippen LogP contribution >= 0.6 is 0 Å². The molecule has 0 amide bonds. The Kier molecular flexibility index (Phi) is 4.80. The molecule has 3 rings (SSSR count). The Labute approximate surface area is 128 Å². The number of rotatable bonds is 5. The Hall–Kier alpha value is -1.07. The molecular formula is C16H23NO3S. The number of nitrogens with two attached hydrogens (primary N) is 1. The minimum absolute atomic E-state index is 0.205. The van der Waals surface area contributed by atoms with Crippen LogP contribution < -0.4 is 15.2 Å². The van der Waals surface area contributed by atoms with Crippen LogP contribution in [0.25, 0.3) is 0 Å². The third-order valence-electron chi connectivity index (χ3n) is 4.26. The molecule has 1 aliphatic heterocycles. The summed E-state index contributed by atoms with van der Waals surface area (Å²) in [5.74, 6) is 3.48. The van der Waals surface area contributed by atoms with Crippen molar-refractivity contribution in [3.05, 3.63) is 23.8 Å². The van der Waals surface area contributed by atoms with Gasteiger partial charge in [-0.2, -0.15) is 0 Å². The molecule has 0 spiro atoms. The molecule has 1 fully saturated rings. The second-order valence-corrected chi connectivity index (χ2v) is 7.48. The largest absolute Gasteiger partial charge is 0.486 e. The summed E-state index contributed by atoms with van der Waals surface area (Å²) < 4.78 is 23.3. The third-order valence-corrected chi connectivity index (χ3v) is 5.83. The fourth-order valence-corrected chi connectivity index (χ4v) is 4.68. The summed E-state index contributed by atoms with van der Waals surface area (Å²) in [6, 6.07) is 5.56. The molecule has 1 heterocycles. The van der Waals surface area contributed by atoms with Crippen molar-refractivity contribution in [2.75, 3.05) is 24.7 Å². The van der Waals surface area contributed by atoms with Gasteiger partial charge in [-0.3, -0.25) is 4.21 Å². The molecule has 1 aliphatic carbocycles. The van der Waals surface area contributed by atoms with E-state index in [-0.39, 0.29) is 6.04 Å². The van der Waals surface area contributed by atoms with E-state index in [1.807, 2.05) is 18.2 Å². The van der Waals surface area contributed by atoms with E-state index in [0.29, 0.717) is 24.9 Å². The lowest BCUT2D eigenvalue weighted by molar-refractivity contribution is 0.171. The van der Waals surface area contributed by atoms with E-state index in [0.717, 1.165) is 22.8 Å². The lowest BCUT2D eigenvalue weighted by Gasteiger charge is -2.20. The average Bonchev–Trinajstić information content (AvgIpc) is 2.99. The maximum atomic E-state index is 12.2. The van der Waals surface area contributed by atoms with Crippen molar-refractivity contribution in [2.45, 2.75) is 31.7 Å². The number of fused-ring (bicyclic) bond motifs is 1. The van der Waals surface area contributed by atoms with Crippen LogP contribution in [0.5, 0.6) is 11.5 Å². The first-order valence-corrected chi connectivity index (χ1v) is 9.21. The maximum Gasteiger partial charge on any atom is 0.161 e. The van der Waals surface area contributed by atoms with Crippen LogP contribution in [-0.4, -0.2) is 28.9 Å². The summed E-state index contributed by atoms with van der Waals surface area (Å²) in [6.07, 6.45) is 5.03. The molecule has 5 heteroatoms. The minimum Gasteiger partial charge on any atom is -0.486 e. The van der Waals surface area contributed by atoms with Crippen LogP contribution in [0.1, 0.15) is 37.3 Å². The van der Waals surface area contributed by atoms with E-state index < -0.39 is 10.8 Å². The first-order chi connectivity index (χ1) is 10.2. The molecule has 2 N–H and O–H groups in total. The predicted molar refractivity (Wildman–Crippen MR) is 84.2 cm³/mol. The molecule has 0 saturated heterocycles. The monoisotopic (exact) mass is 309 g/mol. The molecule has 2 atom stereocenters. The topological polar surface area (TPSA) is 61.6 Å². The standard InChI is InChI=1S/C16H23NO3S/c17-14(11-21(18)10-12-3-1-2-4-12)13-5-6-15-16(9-13)20-8-7-19-15/h5-6,9,12,14H,1-4,7-8,10-11,17H2. The molecular weight excluding hydrogens is 286 g/mol. The van der Waals surface area contributed by atoms with Gasteiger partial charge in [-0.05, 0) is 36.5 Å². The van der Waals surface area contributed by atoms with Crippen LogP contribution in [0.3, 0.4) is 0 Å². The minimum atomic E-state index is -0.839. The van der Waals surface area contributed by atoms with Gasteiger partial charge in [-0.1, -0.05) is 18.9 Å². The van der Waals surface area contributed by atoms with Gasteiger partial charge in [0.25, 0.3) is 0 Å². The van der Waals surface area contributed by atoms with Gasteiger partial charge >= 0.3 is 0 Å². The molecule has 1 saturated carbocycles. The molecule has 1 aromatic rings. The smallest absolute Gasteiger partial charge is 0.161 e. The van der Waals surface area contributed by atoms with E-state index in [1.54, 1.807) is 0 Å². The Bertz CT molecular complexity index is 514. The van der Waals surface area contributed by atoms with Gasteiger partial charge < -0.3 is 15.2 Å². The van der Waals surface area contributed by atoms with E-state index >= 15 is 0 Å². The van der Waals surface area contributed by atoms with Crippen molar-refractivity contribution < 1.29 is 13.7 Å². The zero-order valence-corrected chi connectivity index (χ0v) is 13.1. The highest BCUT2D eigenvalue weighted by Crippen LogP contribution is 2.32. The molecule has 116 valence electrons. The summed E-state index contributed by atoms with van der Waals surface area (Å²) in [4.78, 5) is 0. The lowest BCUT2D eigenvalue weighted by Crippen LogP contribution is -2.22. The first-order valence-electron chi connectivity index (χ1n) is 7.72. The molecule has 1 aromatic carbocycles. The van der Waals surface area contributed by atoms with Crippen molar-refractivity contribution in [2.24, 2.45) is 11.7 Å². The normalized spacial score (nSPS) is 21.2. The van der Waals surface area contributed by atoms with E-state index in [2.05, 4.69) is 0 Å². The summed E-state index contributed by atoms with van der Waals surface area (Å²) in [5.41, 5.74) is 7.19. The molecule has 0 aromatic heterocycles. The SMILES string of the molecule is NC(CS(=O)CC1CCCC1)c1ccc2c(c1)OCCO2. The molecule has 0 radical (unpaired) electrons. The number of benzene rings is 1. The van der Waals surface area contributed by atoms with Crippen LogP contribution in [-0.2, 0) is 10.8 Å². The molecule has 0 bridgehead atoms. The highest BCUT2D eigenvalue weighted by molar-refractivity contribution is 7.85. The Morgan fingerprint density at radius 2 is 1.90 bits per heavy atom. The van der Waals surface area contributed by atoms with Crippen molar-refractivity contribution in [3.8, 4) is 11.5 Å². The van der Waals surface area contributed by atoms with E-state index in [1.165, 1.54) is 25.7 Å². The first kappa shape index (κ1) is 14.9. The Morgan fingerprint density at radius 1 is 1.19 bits per heavy atom. The molecule has 2 aliphatic rings. The predicted octanol–water partition coefficient (Wildman–Crippen LogP) is 2.40. The van der Waals surface area contributed by atoms with Crippen LogP contribution in [0, 0.1) is 5.92 Å². The quantitative estimate of drug-likeness (QED) is 0.907. The second kappa shape index (κ2) is 6.79. The summed E-state index contributed by atoms with van der Waals surface area (Å²) in [6.45, 7) is 1.16. The molecule has 4 nitrogen and oxygen atoms in total. The van der Waals surface area contributed by atoms with Crippen molar-refractivity contribution in [1.29, 1.82) is 0 Å². The van der Waals surface area contributed by atoms with Gasteiger partial charge in [0.1, 0.15) is 13.2 Å². The van der Waals surface area contributed by atoms with Crippen molar-refractivity contribution >= 4 is 10.8 Å². The summed E-state index contributed by atoms with van der Waals surface area (Å²) in [5, 5.41) is 0. The second-order valence-electron chi connectivity index (χ2n) is 5.93. The maximum absolute atomic E-state index is 12.2. The Morgan fingerprint density at radius 3 is 2.67 bits per heavy atom. The summed E-state index contributed by atoms with van der Waals surface area (Å²) in [7, 11) is -0.839. The zero-order chi connectivity index (χ0) is 14.7. The third kappa shape index (κ3) is 3.77. The van der Waals surface area contributed by atoms with Crippen LogP contribution in [0.4, 0.5) is 0 Å². The van der Waals surface area contributed by atoms with Gasteiger partial charge in [0.15, 0.2) is 11.5 Å². The van der Waals surface area contributed by atoms with Crippen LogP contribution in [0.2, 0.25) is 0 Å². The van der Waals surface area contributed by atoms with Crippen molar-refractivity contribution in [3.63, 3.8) is 0 Å². The molecule has 21 heavy (non-hydrogen) atoms. The number of hydrogen-bond donors (Lipinski definition) is 1. The fraction of sp³-hybridized carbons (Fsp3) is 0.625. The lowest BCUT2D eigenvalue weighted by atomic mass is 10.1. The zero-order valence-electron chi connectivity index (χ0n) is 12.3. The van der Waals surface area contributed by atoms with E-state index in [4.69, 9.17) is 15.2 Å². The van der Waals surface area contributed by atoms with Gasteiger partial charge in [-0.15, -0.1) is 0 Å².